The lowest BCUT2D eigenvalue weighted by molar-refractivity contribution is 0.0129. The van der Waals surface area contributed by atoms with Gasteiger partial charge in [0, 0.05) is 51.0 Å². The molecule has 2 aliphatic heterocycles. The van der Waals surface area contributed by atoms with Crippen molar-refractivity contribution in [3.63, 3.8) is 0 Å². The van der Waals surface area contributed by atoms with Crippen LogP contribution < -0.4 is 5.32 Å². The molecular formula is C30H49N3O3. The van der Waals surface area contributed by atoms with E-state index in [4.69, 9.17) is 4.74 Å². The van der Waals surface area contributed by atoms with Crippen LogP contribution in [0.5, 0.6) is 0 Å². The molecule has 2 atom stereocenters. The van der Waals surface area contributed by atoms with Gasteiger partial charge in [0.25, 0.3) is 0 Å². The molecule has 2 aromatic rings. The highest BCUT2D eigenvalue weighted by atomic mass is 16.5. The Labute approximate surface area is 219 Å². The zero-order valence-corrected chi connectivity index (χ0v) is 23.2. The zero-order valence-electron chi connectivity index (χ0n) is 23.2. The first-order valence-corrected chi connectivity index (χ1v) is 13.8. The first-order valence-electron chi connectivity index (χ1n) is 13.8. The second-order valence-corrected chi connectivity index (χ2v) is 9.25. The summed E-state index contributed by atoms with van der Waals surface area (Å²) in [5, 5.41) is 23.1. The first-order chi connectivity index (χ1) is 17.6. The highest BCUT2D eigenvalue weighted by Gasteiger charge is 2.26. The molecule has 0 bridgehead atoms. The lowest BCUT2D eigenvalue weighted by Gasteiger charge is -2.36. The summed E-state index contributed by atoms with van der Waals surface area (Å²) in [6, 6.07) is 15.5. The summed E-state index contributed by atoms with van der Waals surface area (Å²) < 4.78 is 5.46. The lowest BCUT2D eigenvalue weighted by atomic mass is 9.99. The lowest BCUT2D eigenvalue weighted by Crippen LogP contribution is -2.45. The molecule has 2 fully saturated rings. The third-order valence-electron chi connectivity index (χ3n) is 6.57. The number of morpholine rings is 1. The summed E-state index contributed by atoms with van der Waals surface area (Å²) in [5.41, 5.74) is 6.27. The molecule has 6 heteroatoms. The number of rotatable bonds is 8. The molecule has 36 heavy (non-hydrogen) atoms. The predicted molar refractivity (Wildman–Crippen MR) is 150 cm³/mol. The van der Waals surface area contributed by atoms with Crippen molar-refractivity contribution in [2.75, 3.05) is 44.8 Å². The monoisotopic (exact) mass is 499 g/mol. The van der Waals surface area contributed by atoms with E-state index in [9.17, 15) is 10.2 Å². The Morgan fingerprint density at radius 1 is 0.889 bits per heavy atom. The number of piperidine rings is 1. The number of anilines is 1. The van der Waals surface area contributed by atoms with Crippen LogP contribution in [0.2, 0.25) is 0 Å². The third kappa shape index (κ3) is 9.83. The predicted octanol–water partition coefficient (Wildman–Crippen LogP) is 4.81. The molecule has 2 unspecified atom stereocenters. The molecular weight excluding hydrogens is 450 g/mol. The summed E-state index contributed by atoms with van der Waals surface area (Å²) in [6.45, 7) is 17.3. The van der Waals surface area contributed by atoms with Crippen LogP contribution in [0.1, 0.15) is 62.8 Å². The fraction of sp³-hybridized carbons (Fsp3) is 0.600. The second kappa shape index (κ2) is 16.7. The van der Waals surface area contributed by atoms with Crippen LogP contribution in [0.3, 0.4) is 0 Å². The summed E-state index contributed by atoms with van der Waals surface area (Å²) >= 11 is 0. The molecule has 2 heterocycles. The van der Waals surface area contributed by atoms with Gasteiger partial charge in [0.05, 0.1) is 25.9 Å². The van der Waals surface area contributed by atoms with E-state index in [1.54, 1.807) is 0 Å². The number of nitrogens with one attached hydrogen (secondary N) is 1. The maximum Gasteiger partial charge on any atom is 0.0594 e. The number of benzene rings is 2. The summed E-state index contributed by atoms with van der Waals surface area (Å²) in [7, 11) is 0. The van der Waals surface area contributed by atoms with Gasteiger partial charge < -0.3 is 20.3 Å². The molecule has 4 rings (SSSR count). The van der Waals surface area contributed by atoms with Gasteiger partial charge in [-0.25, -0.2) is 0 Å². The molecule has 202 valence electrons. The van der Waals surface area contributed by atoms with Crippen LogP contribution in [-0.4, -0.2) is 71.6 Å². The second-order valence-electron chi connectivity index (χ2n) is 9.25. The van der Waals surface area contributed by atoms with Crippen LogP contribution >= 0.6 is 0 Å². The van der Waals surface area contributed by atoms with Gasteiger partial charge in [0.15, 0.2) is 0 Å². The Bertz CT molecular complexity index is 853. The fourth-order valence-electron chi connectivity index (χ4n) is 4.75. The van der Waals surface area contributed by atoms with Crippen LogP contribution in [0, 0.1) is 6.92 Å². The third-order valence-corrected chi connectivity index (χ3v) is 6.57. The van der Waals surface area contributed by atoms with Crippen molar-refractivity contribution in [2.24, 2.45) is 0 Å². The zero-order chi connectivity index (χ0) is 26.3. The minimum Gasteiger partial charge on any atom is -0.395 e. The van der Waals surface area contributed by atoms with Gasteiger partial charge in [-0.3, -0.25) is 9.80 Å². The first kappa shape index (κ1) is 30.3. The van der Waals surface area contributed by atoms with Crippen molar-refractivity contribution in [3.8, 4) is 0 Å². The number of ether oxygens (including phenoxy) is 1. The van der Waals surface area contributed by atoms with Crippen molar-refractivity contribution in [1.82, 2.24) is 9.80 Å². The van der Waals surface area contributed by atoms with E-state index in [-0.39, 0.29) is 18.8 Å². The number of hydrogen-bond acceptors (Lipinski definition) is 6. The average Bonchev–Trinajstić information content (AvgIpc) is 2.92. The van der Waals surface area contributed by atoms with Crippen LogP contribution in [-0.2, 0) is 24.4 Å². The quantitative estimate of drug-likeness (QED) is 0.484. The van der Waals surface area contributed by atoms with Gasteiger partial charge in [-0.1, -0.05) is 58.0 Å². The Hall–Kier alpha value is -1.96. The maximum absolute atomic E-state index is 9.85. The van der Waals surface area contributed by atoms with Gasteiger partial charge in [-0.05, 0) is 54.2 Å². The van der Waals surface area contributed by atoms with Crippen molar-refractivity contribution in [1.29, 1.82) is 0 Å². The minimum atomic E-state index is -0.284. The number of aliphatic hydroxyl groups excluding tert-OH is 2. The largest absolute Gasteiger partial charge is 0.395 e. The highest BCUT2D eigenvalue weighted by molar-refractivity contribution is 5.49. The van der Waals surface area contributed by atoms with Gasteiger partial charge in [-0.15, -0.1) is 0 Å². The normalized spacial score (nSPS) is 20.5. The van der Waals surface area contributed by atoms with Gasteiger partial charge >= 0.3 is 0 Å². The van der Waals surface area contributed by atoms with Gasteiger partial charge in [0.2, 0.25) is 0 Å². The van der Waals surface area contributed by atoms with E-state index in [2.05, 4.69) is 64.5 Å². The number of hydrogen-bond donors (Lipinski definition) is 3. The molecule has 0 spiro atoms. The SMILES string of the molecule is CC.CC.Cc1cc(CN2CCOCC2)cc(NCc2ccc(CN3CCC(O)CC3CO)cc2)c1. The van der Waals surface area contributed by atoms with E-state index in [0.29, 0.717) is 6.42 Å². The Morgan fingerprint density at radius 3 is 2.22 bits per heavy atom. The smallest absolute Gasteiger partial charge is 0.0594 e. The van der Waals surface area contributed by atoms with Gasteiger partial charge in [-0.2, -0.15) is 0 Å². The molecule has 0 aliphatic carbocycles. The standard InChI is InChI=1S/C26H37N3O3.2C2H6/c1-20-12-23(17-28-8-10-32-11-9-28)14-24(13-20)27-16-21-2-4-22(5-3-21)18-29-7-6-26(31)15-25(29)19-30;2*1-2/h2-5,12-14,25-27,30-31H,6-11,15-19H2,1H3;2*1-2H3. The van der Waals surface area contributed by atoms with E-state index >= 15 is 0 Å². The van der Waals surface area contributed by atoms with E-state index in [1.165, 1.54) is 22.3 Å². The highest BCUT2D eigenvalue weighted by Crippen LogP contribution is 2.21. The Morgan fingerprint density at radius 2 is 1.56 bits per heavy atom. The molecule has 2 aliphatic rings. The summed E-state index contributed by atoms with van der Waals surface area (Å²) in [4.78, 5) is 4.73. The molecule has 3 N–H and O–H groups in total. The van der Waals surface area contributed by atoms with Crippen molar-refractivity contribution in [2.45, 2.75) is 79.2 Å². The minimum absolute atomic E-state index is 0.0491. The number of likely N-dealkylation sites (tertiary alicyclic amines) is 1. The van der Waals surface area contributed by atoms with E-state index < -0.39 is 0 Å². The Balaban J connectivity index is 0.00000109. The van der Waals surface area contributed by atoms with Crippen LogP contribution in [0.15, 0.2) is 42.5 Å². The van der Waals surface area contributed by atoms with Crippen molar-refractivity contribution < 1.29 is 14.9 Å². The number of aryl methyl sites for hydroxylation is 1. The Kier molecular flexibility index (Phi) is 14.1. The summed E-state index contributed by atoms with van der Waals surface area (Å²) in [5.74, 6) is 0. The van der Waals surface area contributed by atoms with E-state index in [0.717, 1.165) is 64.6 Å². The number of nitrogens with zero attached hydrogens (tertiary/aromatic N) is 2. The molecule has 0 radical (unpaired) electrons. The van der Waals surface area contributed by atoms with Gasteiger partial charge in [0.1, 0.15) is 0 Å². The number of aliphatic hydroxyl groups is 2. The van der Waals surface area contributed by atoms with Crippen molar-refractivity contribution >= 4 is 5.69 Å². The maximum atomic E-state index is 9.85. The molecule has 2 saturated heterocycles. The molecule has 0 amide bonds. The van der Waals surface area contributed by atoms with Crippen molar-refractivity contribution in [3.05, 3.63) is 64.7 Å². The topological polar surface area (TPSA) is 68.2 Å². The average molecular weight is 500 g/mol. The van der Waals surface area contributed by atoms with Crippen LogP contribution in [0.25, 0.3) is 0 Å². The fourth-order valence-corrected chi connectivity index (χ4v) is 4.75. The van der Waals surface area contributed by atoms with E-state index in [1.807, 2.05) is 27.7 Å². The summed E-state index contributed by atoms with van der Waals surface area (Å²) in [6.07, 6.45) is 1.15. The molecule has 6 nitrogen and oxygen atoms in total. The molecule has 2 aromatic carbocycles. The van der Waals surface area contributed by atoms with Crippen LogP contribution in [0.4, 0.5) is 5.69 Å². The molecule has 0 aromatic heterocycles. The molecule has 0 saturated carbocycles.